The van der Waals surface area contributed by atoms with Crippen LogP contribution in [0.25, 0.3) is 0 Å². The molecule has 1 aliphatic rings. The number of sulfonamides is 1. The van der Waals surface area contributed by atoms with E-state index in [2.05, 4.69) is 15.0 Å². The number of hydrogen-bond donors (Lipinski definition) is 2. The van der Waals surface area contributed by atoms with Crippen LogP contribution in [0.3, 0.4) is 0 Å². The van der Waals surface area contributed by atoms with Gasteiger partial charge in [0.1, 0.15) is 10.6 Å². The van der Waals surface area contributed by atoms with Gasteiger partial charge in [-0.1, -0.05) is 31.4 Å². The number of pyridine rings is 1. The van der Waals surface area contributed by atoms with Crippen molar-refractivity contribution in [3.8, 4) is 5.75 Å². The van der Waals surface area contributed by atoms with E-state index in [0.29, 0.717) is 5.69 Å². The molecule has 1 fully saturated rings. The van der Waals surface area contributed by atoms with Gasteiger partial charge in [0.15, 0.2) is 0 Å². The van der Waals surface area contributed by atoms with Gasteiger partial charge in [-0.05, 0) is 43.0 Å². The Morgan fingerprint density at radius 2 is 2.00 bits per heavy atom. The Bertz CT molecular complexity index is 997. The average Bonchev–Trinajstić information content (AvgIpc) is 2.70. The first-order chi connectivity index (χ1) is 13.8. The van der Waals surface area contributed by atoms with Gasteiger partial charge in [0.25, 0.3) is 5.91 Å². The third-order valence-electron chi connectivity index (χ3n) is 5.15. The maximum absolute atomic E-state index is 13.1. The van der Waals surface area contributed by atoms with Crippen molar-refractivity contribution >= 4 is 33.2 Å². The van der Waals surface area contributed by atoms with E-state index in [4.69, 9.17) is 16.3 Å². The second-order valence-corrected chi connectivity index (χ2v) is 9.25. The van der Waals surface area contributed by atoms with Gasteiger partial charge in [-0.2, -0.15) is 0 Å². The first kappa shape index (κ1) is 21.5. The van der Waals surface area contributed by atoms with Gasteiger partial charge in [-0.3, -0.25) is 9.78 Å². The summed E-state index contributed by atoms with van der Waals surface area (Å²) in [5.41, 5.74) is 0.566. The van der Waals surface area contributed by atoms with Gasteiger partial charge in [-0.15, -0.1) is 0 Å². The van der Waals surface area contributed by atoms with Crippen molar-refractivity contribution in [3.05, 3.63) is 47.2 Å². The van der Waals surface area contributed by atoms with E-state index in [1.54, 1.807) is 6.07 Å². The summed E-state index contributed by atoms with van der Waals surface area (Å²) in [5.74, 6) is -0.0486. The molecule has 0 bridgehead atoms. The third-order valence-corrected chi connectivity index (χ3v) is 6.97. The van der Waals surface area contributed by atoms with Crippen molar-refractivity contribution in [1.82, 2.24) is 9.71 Å². The molecule has 7 nitrogen and oxygen atoms in total. The molecule has 2 unspecified atom stereocenters. The molecule has 156 valence electrons. The molecule has 9 heteroatoms. The van der Waals surface area contributed by atoms with Crippen LogP contribution in [0.1, 0.15) is 43.0 Å². The van der Waals surface area contributed by atoms with E-state index in [-0.39, 0.29) is 33.2 Å². The zero-order valence-corrected chi connectivity index (χ0v) is 17.9. The summed E-state index contributed by atoms with van der Waals surface area (Å²) >= 11 is 6.03. The van der Waals surface area contributed by atoms with Crippen molar-refractivity contribution in [2.45, 2.75) is 43.5 Å². The van der Waals surface area contributed by atoms with E-state index in [1.807, 2.05) is 6.92 Å². The van der Waals surface area contributed by atoms with Gasteiger partial charge in [-0.25, -0.2) is 13.1 Å². The predicted molar refractivity (Wildman–Crippen MR) is 112 cm³/mol. The van der Waals surface area contributed by atoms with Gasteiger partial charge in [0.2, 0.25) is 10.0 Å². The minimum Gasteiger partial charge on any atom is -0.495 e. The molecule has 0 spiro atoms. The Balaban J connectivity index is 1.88. The van der Waals surface area contributed by atoms with Gasteiger partial charge in [0.05, 0.1) is 17.8 Å². The molecule has 2 atom stereocenters. The van der Waals surface area contributed by atoms with Gasteiger partial charge in [0, 0.05) is 24.0 Å². The molecule has 3 rings (SSSR count). The molecule has 1 aromatic carbocycles. The smallest absolute Gasteiger partial charge is 0.255 e. The van der Waals surface area contributed by atoms with E-state index >= 15 is 0 Å². The topological polar surface area (TPSA) is 97.4 Å². The number of carbonyl (C=O) groups is 1. The predicted octanol–water partition coefficient (Wildman–Crippen LogP) is 3.85. The molecule has 2 N–H and O–H groups in total. The van der Waals surface area contributed by atoms with Crippen molar-refractivity contribution in [2.24, 2.45) is 5.92 Å². The second-order valence-electron chi connectivity index (χ2n) is 7.16. The van der Waals surface area contributed by atoms with Crippen molar-refractivity contribution in [1.29, 1.82) is 0 Å². The Morgan fingerprint density at radius 3 is 2.69 bits per heavy atom. The fraction of sp³-hybridized carbons (Fsp3) is 0.400. The zero-order chi connectivity index (χ0) is 21.0. The first-order valence-corrected chi connectivity index (χ1v) is 11.3. The summed E-state index contributed by atoms with van der Waals surface area (Å²) < 4.78 is 34.2. The summed E-state index contributed by atoms with van der Waals surface area (Å²) in [7, 11) is -2.47. The van der Waals surface area contributed by atoms with Crippen LogP contribution in [0.15, 0.2) is 41.6 Å². The molecule has 1 saturated carbocycles. The van der Waals surface area contributed by atoms with Crippen molar-refractivity contribution < 1.29 is 17.9 Å². The number of hydrogen-bond acceptors (Lipinski definition) is 5. The van der Waals surface area contributed by atoms with Crippen LogP contribution in [0.4, 0.5) is 5.69 Å². The molecule has 1 heterocycles. The summed E-state index contributed by atoms with van der Waals surface area (Å²) in [6, 6.07) is 5.73. The van der Waals surface area contributed by atoms with Crippen molar-refractivity contribution in [3.63, 3.8) is 0 Å². The molecule has 0 radical (unpaired) electrons. The number of halogens is 1. The second kappa shape index (κ2) is 9.11. The molecular formula is C20H24ClN3O4S. The Morgan fingerprint density at radius 1 is 1.24 bits per heavy atom. The summed E-state index contributed by atoms with van der Waals surface area (Å²) in [4.78, 5) is 16.4. The minimum atomic E-state index is -3.86. The van der Waals surface area contributed by atoms with Crippen LogP contribution in [-0.2, 0) is 10.0 Å². The maximum atomic E-state index is 13.1. The largest absolute Gasteiger partial charge is 0.495 e. The zero-order valence-electron chi connectivity index (χ0n) is 16.3. The summed E-state index contributed by atoms with van der Waals surface area (Å²) in [6.07, 6.45) is 6.79. The first-order valence-electron chi connectivity index (χ1n) is 9.43. The Kier molecular flexibility index (Phi) is 6.77. The van der Waals surface area contributed by atoms with Gasteiger partial charge >= 0.3 is 0 Å². The lowest BCUT2D eigenvalue weighted by Gasteiger charge is -2.29. The van der Waals surface area contributed by atoms with Crippen LogP contribution >= 0.6 is 11.6 Å². The molecule has 1 aliphatic carbocycles. The highest BCUT2D eigenvalue weighted by Crippen LogP contribution is 2.29. The minimum absolute atomic E-state index is 0.0637. The number of rotatable bonds is 6. The van der Waals surface area contributed by atoms with Gasteiger partial charge < -0.3 is 10.1 Å². The molecule has 0 saturated heterocycles. The summed E-state index contributed by atoms with van der Waals surface area (Å²) in [5, 5.41) is 2.95. The number of nitrogens with zero attached hydrogens (tertiary/aromatic N) is 1. The number of aromatic nitrogens is 1. The van der Waals surface area contributed by atoms with E-state index in [0.717, 1.165) is 25.7 Å². The third kappa shape index (κ3) is 5.07. The van der Waals surface area contributed by atoms with Crippen LogP contribution in [-0.4, -0.2) is 32.5 Å². The van der Waals surface area contributed by atoms with E-state index in [1.165, 1.54) is 37.7 Å². The number of nitrogens with one attached hydrogen (secondary N) is 2. The monoisotopic (exact) mass is 437 g/mol. The molecule has 1 aromatic heterocycles. The number of anilines is 1. The lowest BCUT2D eigenvalue weighted by molar-refractivity contribution is 0.102. The maximum Gasteiger partial charge on any atom is 0.255 e. The Labute approximate surface area is 175 Å². The highest BCUT2D eigenvalue weighted by atomic mass is 35.5. The summed E-state index contributed by atoms with van der Waals surface area (Å²) in [6.45, 7) is 2.05. The highest BCUT2D eigenvalue weighted by Gasteiger charge is 2.29. The van der Waals surface area contributed by atoms with Crippen LogP contribution in [0.5, 0.6) is 5.75 Å². The standard InChI is InChI=1S/C20H24ClN3O4S/c1-13-5-3-4-6-16(13)24-29(26,27)19-11-14(7-8-18(19)28-2)20(25)23-17-9-10-22-12-15(17)21/h7-13,16,24H,3-6H2,1-2H3,(H,22,23,25). The molecule has 1 amide bonds. The number of carbonyl (C=O) groups excluding carboxylic acids is 1. The Hall–Kier alpha value is -2.16. The van der Waals surface area contributed by atoms with E-state index < -0.39 is 15.9 Å². The number of methoxy groups -OCH3 is 1. The van der Waals surface area contributed by atoms with Crippen LogP contribution in [0.2, 0.25) is 5.02 Å². The number of amides is 1. The number of ether oxygens (including phenoxy) is 1. The normalized spacial score (nSPS) is 19.6. The number of benzene rings is 1. The van der Waals surface area contributed by atoms with Crippen molar-refractivity contribution in [2.75, 3.05) is 12.4 Å². The molecule has 0 aliphatic heterocycles. The highest BCUT2D eigenvalue weighted by molar-refractivity contribution is 7.89. The average molecular weight is 438 g/mol. The van der Waals surface area contributed by atoms with E-state index in [9.17, 15) is 13.2 Å². The van der Waals surface area contributed by atoms with Crippen LogP contribution in [0, 0.1) is 5.92 Å². The SMILES string of the molecule is COc1ccc(C(=O)Nc2ccncc2Cl)cc1S(=O)(=O)NC1CCCCC1C. The molecule has 29 heavy (non-hydrogen) atoms. The lowest BCUT2D eigenvalue weighted by atomic mass is 9.87. The fourth-order valence-corrected chi connectivity index (χ4v) is 5.19. The molecule has 2 aromatic rings. The molecular weight excluding hydrogens is 414 g/mol. The lowest BCUT2D eigenvalue weighted by Crippen LogP contribution is -2.41. The quantitative estimate of drug-likeness (QED) is 0.715. The fourth-order valence-electron chi connectivity index (χ4n) is 3.45. The van der Waals surface area contributed by atoms with Crippen LogP contribution < -0.4 is 14.8 Å².